The Hall–Kier alpha value is -3.22. The molecule has 0 atom stereocenters. The van der Waals surface area contributed by atoms with E-state index in [1.807, 2.05) is 0 Å². The van der Waals surface area contributed by atoms with Crippen LogP contribution < -0.4 is 24.8 Å². The number of anilines is 2. The van der Waals surface area contributed by atoms with Crippen LogP contribution in [0.25, 0.3) is 0 Å². The highest BCUT2D eigenvalue weighted by Crippen LogP contribution is 2.34. The molecule has 1 heterocycles. The van der Waals surface area contributed by atoms with Gasteiger partial charge in [0.05, 0.1) is 0 Å². The van der Waals surface area contributed by atoms with E-state index in [0.29, 0.717) is 28.6 Å². The fraction of sp³-hybridized carbons (Fsp3) is 0.176. The fourth-order valence-electron chi connectivity index (χ4n) is 2.16. The standard InChI is InChI=1S/C17H16N2O5/c1-11(20)18-12-2-5-14(6-3-12)22-9-17(21)19-13-4-7-15-16(8-13)24-10-23-15/h2-8H,9-10H2,1H3,(H,18,20)(H,19,21). The molecule has 7 nitrogen and oxygen atoms in total. The molecule has 1 aliphatic heterocycles. The predicted octanol–water partition coefficient (Wildman–Crippen LogP) is 2.39. The molecule has 3 rings (SSSR count). The third-order valence-electron chi connectivity index (χ3n) is 3.20. The van der Waals surface area contributed by atoms with Crippen LogP contribution in [-0.4, -0.2) is 25.2 Å². The topological polar surface area (TPSA) is 85.9 Å². The van der Waals surface area contributed by atoms with Crippen molar-refractivity contribution in [3.8, 4) is 17.2 Å². The van der Waals surface area contributed by atoms with Crippen LogP contribution in [-0.2, 0) is 9.59 Å². The number of hydrogen-bond donors (Lipinski definition) is 2. The SMILES string of the molecule is CC(=O)Nc1ccc(OCC(=O)Nc2ccc3c(c2)OCO3)cc1. The number of carbonyl (C=O) groups is 2. The van der Waals surface area contributed by atoms with Crippen molar-refractivity contribution in [3.05, 3.63) is 42.5 Å². The first-order valence-corrected chi connectivity index (χ1v) is 7.30. The summed E-state index contributed by atoms with van der Waals surface area (Å²) in [5.74, 6) is 1.35. The maximum Gasteiger partial charge on any atom is 0.262 e. The van der Waals surface area contributed by atoms with Gasteiger partial charge in [-0.05, 0) is 36.4 Å². The van der Waals surface area contributed by atoms with Crippen LogP contribution in [0.1, 0.15) is 6.92 Å². The molecule has 2 aromatic rings. The van der Waals surface area contributed by atoms with Crippen molar-refractivity contribution >= 4 is 23.2 Å². The fourth-order valence-corrected chi connectivity index (χ4v) is 2.16. The molecule has 2 N–H and O–H groups in total. The number of ether oxygens (including phenoxy) is 3. The molecule has 0 radical (unpaired) electrons. The van der Waals surface area contributed by atoms with Crippen LogP contribution >= 0.6 is 0 Å². The Kier molecular flexibility index (Phi) is 4.51. The van der Waals surface area contributed by atoms with Crippen molar-refractivity contribution < 1.29 is 23.8 Å². The summed E-state index contributed by atoms with van der Waals surface area (Å²) in [5, 5.41) is 5.38. The van der Waals surface area contributed by atoms with E-state index in [-0.39, 0.29) is 25.2 Å². The summed E-state index contributed by atoms with van der Waals surface area (Å²) >= 11 is 0. The molecule has 7 heteroatoms. The normalized spacial score (nSPS) is 11.7. The molecule has 0 bridgehead atoms. The molecular formula is C17H16N2O5. The molecule has 0 aromatic heterocycles. The zero-order valence-corrected chi connectivity index (χ0v) is 13.0. The van der Waals surface area contributed by atoms with Crippen molar-refractivity contribution in [2.45, 2.75) is 6.92 Å². The van der Waals surface area contributed by atoms with Gasteiger partial charge in [0.2, 0.25) is 12.7 Å². The number of benzene rings is 2. The van der Waals surface area contributed by atoms with Gasteiger partial charge >= 0.3 is 0 Å². The van der Waals surface area contributed by atoms with Crippen LogP contribution in [0.4, 0.5) is 11.4 Å². The molecule has 124 valence electrons. The minimum atomic E-state index is -0.292. The number of fused-ring (bicyclic) bond motifs is 1. The van der Waals surface area contributed by atoms with E-state index < -0.39 is 0 Å². The number of hydrogen-bond acceptors (Lipinski definition) is 5. The second-order valence-corrected chi connectivity index (χ2v) is 5.11. The van der Waals surface area contributed by atoms with Crippen LogP contribution in [0.15, 0.2) is 42.5 Å². The quantitative estimate of drug-likeness (QED) is 0.880. The van der Waals surface area contributed by atoms with Crippen molar-refractivity contribution in [1.29, 1.82) is 0 Å². The Morgan fingerprint density at radius 1 is 1.00 bits per heavy atom. The van der Waals surface area contributed by atoms with Crippen molar-refractivity contribution in [2.75, 3.05) is 24.0 Å². The van der Waals surface area contributed by atoms with Gasteiger partial charge in [-0.15, -0.1) is 0 Å². The first-order valence-electron chi connectivity index (χ1n) is 7.30. The Balaban J connectivity index is 1.51. The van der Waals surface area contributed by atoms with Gasteiger partial charge in [-0.1, -0.05) is 0 Å². The van der Waals surface area contributed by atoms with Gasteiger partial charge in [0.15, 0.2) is 18.1 Å². The first kappa shape index (κ1) is 15.7. The van der Waals surface area contributed by atoms with Gasteiger partial charge in [0, 0.05) is 24.4 Å². The second-order valence-electron chi connectivity index (χ2n) is 5.11. The third-order valence-corrected chi connectivity index (χ3v) is 3.20. The molecule has 1 aliphatic rings. The molecule has 0 fully saturated rings. The largest absolute Gasteiger partial charge is 0.484 e. The molecule has 2 amide bonds. The molecular weight excluding hydrogens is 312 g/mol. The summed E-state index contributed by atoms with van der Waals surface area (Å²) in [6.45, 7) is 1.49. The van der Waals surface area contributed by atoms with Crippen molar-refractivity contribution in [2.24, 2.45) is 0 Å². The van der Waals surface area contributed by atoms with Crippen molar-refractivity contribution in [1.82, 2.24) is 0 Å². The predicted molar refractivity (Wildman–Crippen MR) is 87.4 cm³/mol. The van der Waals surface area contributed by atoms with Gasteiger partial charge < -0.3 is 24.8 Å². The van der Waals surface area contributed by atoms with E-state index >= 15 is 0 Å². The van der Waals surface area contributed by atoms with Crippen molar-refractivity contribution in [3.63, 3.8) is 0 Å². The highest BCUT2D eigenvalue weighted by molar-refractivity contribution is 5.92. The monoisotopic (exact) mass is 328 g/mol. The summed E-state index contributed by atoms with van der Waals surface area (Å²) < 4.78 is 15.9. The minimum Gasteiger partial charge on any atom is -0.484 e. The highest BCUT2D eigenvalue weighted by atomic mass is 16.7. The number of rotatable bonds is 5. The molecule has 0 saturated heterocycles. The zero-order valence-electron chi connectivity index (χ0n) is 13.0. The van der Waals surface area contributed by atoms with E-state index in [1.54, 1.807) is 42.5 Å². The lowest BCUT2D eigenvalue weighted by molar-refractivity contribution is -0.118. The van der Waals surface area contributed by atoms with Crippen LogP contribution in [0.2, 0.25) is 0 Å². The summed E-state index contributed by atoms with van der Waals surface area (Å²) in [6.07, 6.45) is 0. The summed E-state index contributed by atoms with van der Waals surface area (Å²) in [5.41, 5.74) is 1.27. The molecule has 0 unspecified atom stereocenters. The average Bonchev–Trinajstić information content (AvgIpc) is 3.01. The van der Waals surface area contributed by atoms with E-state index in [9.17, 15) is 9.59 Å². The Morgan fingerprint density at radius 2 is 1.71 bits per heavy atom. The van der Waals surface area contributed by atoms with Gasteiger partial charge in [-0.2, -0.15) is 0 Å². The van der Waals surface area contributed by atoms with E-state index in [1.165, 1.54) is 6.92 Å². The average molecular weight is 328 g/mol. The third kappa shape index (κ3) is 3.95. The summed E-state index contributed by atoms with van der Waals surface area (Å²) in [6, 6.07) is 11.9. The second kappa shape index (κ2) is 6.91. The Morgan fingerprint density at radius 3 is 2.46 bits per heavy atom. The first-order chi connectivity index (χ1) is 11.6. The van der Waals surface area contributed by atoms with Gasteiger partial charge in [0.1, 0.15) is 5.75 Å². The zero-order chi connectivity index (χ0) is 16.9. The lowest BCUT2D eigenvalue weighted by atomic mass is 10.3. The van der Waals surface area contributed by atoms with Gasteiger partial charge in [-0.3, -0.25) is 9.59 Å². The summed E-state index contributed by atoms with van der Waals surface area (Å²) in [4.78, 5) is 22.9. The van der Waals surface area contributed by atoms with E-state index in [2.05, 4.69) is 10.6 Å². The van der Waals surface area contributed by atoms with E-state index in [0.717, 1.165) is 0 Å². The van der Waals surface area contributed by atoms with Gasteiger partial charge in [0.25, 0.3) is 5.91 Å². The minimum absolute atomic E-state index is 0.131. The molecule has 24 heavy (non-hydrogen) atoms. The smallest absolute Gasteiger partial charge is 0.262 e. The Bertz CT molecular complexity index is 758. The van der Waals surface area contributed by atoms with Gasteiger partial charge in [-0.25, -0.2) is 0 Å². The van der Waals surface area contributed by atoms with Crippen LogP contribution in [0.5, 0.6) is 17.2 Å². The molecule has 0 aliphatic carbocycles. The lowest BCUT2D eigenvalue weighted by Crippen LogP contribution is -2.20. The number of nitrogens with one attached hydrogen (secondary N) is 2. The van der Waals surface area contributed by atoms with Crippen LogP contribution in [0.3, 0.4) is 0 Å². The maximum absolute atomic E-state index is 11.9. The molecule has 2 aromatic carbocycles. The lowest BCUT2D eigenvalue weighted by Gasteiger charge is -2.09. The summed E-state index contributed by atoms with van der Waals surface area (Å²) in [7, 11) is 0. The number of amides is 2. The maximum atomic E-state index is 11.9. The Labute approximate surface area is 138 Å². The molecule has 0 spiro atoms. The van der Waals surface area contributed by atoms with E-state index in [4.69, 9.17) is 14.2 Å². The highest BCUT2D eigenvalue weighted by Gasteiger charge is 2.14. The number of carbonyl (C=O) groups excluding carboxylic acids is 2. The van der Waals surface area contributed by atoms with Crippen LogP contribution in [0, 0.1) is 0 Å². The molecule has 0 saturated carbocycles.